The van der Waals surface area contributed by atoms with Crippen LogP contribution in [0.15, 0.2) is 58.6 Å². The van der Waals surface area contributed by atoms with E-state index in [1.165, 1.54) is 11.0 Å². The number of anilines is 1. The fourth-order valence-electron chi connectivity index (χ4n) is 3.65. The fraction of sp³-hybridized carbons (Fsp3) is 0.208. The van der Waals surface area contributed by atoms with E-state index in [0.717, 1.165) is 0 Å². The van der Waals surface area contributed by atoms with Gasteiger partial charge in [-0.15, -0.1) is 0 Å². The van der Waals surface area contributed by atoms with Gasteiger partial charge in [-0.2, -0.15) is 0 Å². The Morgan fingerprint density at radius 2 is 1.79 bits per heavy atom. The summed E-state index contributed by atoms with van der Waals surface area (Å²) in [7, 11) is 0. The second-order valence-corrected chi connectivity index (χ2v) is 8.64. The molecule has 1 fully saturated rings. The van der Waals surface area contributed by atoms with Gasteiger partial charge in [0.05, 0.1) is 27.8 Å². The van der Waals surface area contributed by atoms with Gasteiger partial charge in [-0.05, 0) is 62.7 Å². The van der Waals surface area contributed by atoms with E-state index >= 15 is 0 Å². The number of aliphatic hydroxyl groups excluding tert-OH is 1. The molecule has 4 rings (SSSR count). The summed E-state index contributed by atoms with van der Waals surface area (Å²) < 4.78 is 10.7. The Labute approximate surface area is 200 Å². The third-order valence-electron chi connectivity index (χ3n) is 5.07. The zero-order chi connectivity index (χ0) is 23.9. The van der Waals surface area contributed by atoms with E-state index < -0.39 is 17.7 Å². The standard InChI is InChI=1S/C24H20Cl2N2O5/c1-12(2)32-16-7-4-14(5-8-16)22(29)20-21(15-6-9-17(25)18(26)11-15)28(24(31)23(20)30)19-10-13(3)33-27-19/h4-12,21,29H,1-3H3/b22-20+/t21-/m0/s1. The van der Waals surface area contributed by atoms with Crippen LogP contribution in [0.3, 0.4) is 0 Å². The van der Waals surface area contributed by atoms with Crippen molar-refractivity contribution in [1.29, 1.82) is 0 Å². The van der Waals surface area contributed by atoms with Gasteiger partial charge in [-0.25, -0.2) is 0 Å². The summed E-state index contributed by atoms with van der Waals surface area (Å²) >= 11 is 12.3. The molecule has 1 aromatic heterocycles. The van der Waals surface area contributed by atoms with Crippen molar-refractivity contribution in [2.45, 2.75) is 32.9 Å². The number of hydrogen-bond acceptors (Lipinski definition) is 6. The van der Waals surface area contributed by atoms with Gasteiger partial charge in [-0.1, -0.05) is 34.4 Å². The summed E-state index contributed by atoms with van der Waals surface area (Å²) in [6, 6.07) is 11.9. The van der Waals surface area contributed by atoms with Gasteiger partial charge in [0, 0.05) is 11.6 Å². The minimum absolute atomic E-state index is 0.0182. The summed E-state index contributed by atoms with van der Waals surface area (Å²) in [4.78, 5) is 27.3. The van der Waals surface area contributed by atoms with Gasteiger partial charge in [-0.3, -0.25) is 14.5 Å². The molecule has 1 aliphatic heterocycles. The molecule has 1 N–H and O–H groups in total. The Bertz CT molecular complexity index is 1260. The highest BCUT2D eigenvalue weighted by molar-refractivity contribution is 6.51. The first-order chi connectivity index (χ1) is 15.7. The maximum Gasteiger partial charge on any atom is 0.301 e. The predicted octanol–water partition coefficient (Wildman–Crippen LogP) is 5.70. The first kappa shape index (κ1) is 22.9. The number of amides is 1. The molecule has 1 aliphatic rings. The van der Waals surface area contributed by atoms with Crippen molar-refractivity contribution in [3.8, 4) is 5.75 Å². The highest BCUT2D eigenvalue weighted by atomic mass is 35.5. The zero-order valence-electron chi connectivity index (χ0n) is 18.0. The molecule has 0 aliphatic carbocycles. The van der Waals surface area contributed by atoms with E-state index in [0.29, 0.717) is 27.7 Å². The van der Waals surface area contributed by atoms with Crippen molar-refractivity contribution in [3.05, 3.63) is 81.0 Å². The van der Waals surface area contributed by atoms with Gasteiger partial charge in [0.25, 0.3) is 5.78 Å². The van der Waals surface area contributed by atoms with Crippen LogP contribution in [-0.2, 0) is 9.59 Å². The van der Waals surface area contributed by atoms with Gasteiger partial charge in [0.1, 0.15) is 17.3 Å². The molecule has 0 radical (unpaired) electrons. The number of hydrogen-bond donors (Lipinski definition) is 1. The molecule has 1 atom stereocenters. The molecule has 33 heavy (non-hydrogen) atoms. The van der Waals surface area contributed by atoms with Crippen molar-refractivity contribution >= 4 is 46.5 Å². The number of carbonyl (C=O) groups is 2. The Hall–Kier alpha value is -3.29. The van der Waals surface area contributed by atoms with Crippen molar-refractivity contribution < 1.29 is 24.0 Å². The second-order valence-electron chi connectivity index (χ2n) is 7.83. The molecule has 1 saturated heterocycles. The number of carbonyl (C=O) groups excluding carboxylic acids is 2. The van der Waals surface area contributed by atoms with Gasteiger partial charge < -0.3 is 14.4 Å². The summed E-state index contributed by atoms with van der Waals surface area (Å²) in [5.41, 5.74) is 0.729. The van der Waals surface area contributed by atoms with Crippen molar-refractivity contribution in [1.82, 2.24) is 5.16 Å². The predicted molar refractivity (Wildman–Crippen MR) is 125 cm³/mol. The number of rotatable bonds is 5. The van der Waals surface area contributed by atoms with E-state index in [-0.39, 0.29) is 28.3 Å². The molecule has 2 heterocycles. The minimum Gasteiger partial charge on any atom is -0.507 e. The topological polar surface area (TPSA) is 92.9 Å². The summed E-state index contributed by atoms with van der Waals surface area (Å²) in [5.74, 6) is -0.817. The number of ether oxygens (including phenoxy) is 1. The molecule has 0 spiro atoms. The van der Waals surface area contributed by atoms with E-state index in [9.17, 15) is 14.7 Å². The maximum atomic E-state index is 13.1. The van der Waals surface area contributed by atoms with Gasteiger partial charge in [0.15, 0.2) is 5.82 Å². The van der Waals surface area contributed by atoms with E-state index in [4.69, 9.17) is 32.5 Å². The SMILES string of the molecule is Cc1cc(N2C(=O)C(=O)/C(=C(/O)c3ccc(OC(C)C)cc3)[C@@H]2c2ccc(Cl)c(Cl)c2)no1. The van der Waals surface area contributed by atoms with Crippen LogP contribution in [-0.4, -0.2) is 28.1 Å². The highest BCUT2D eigenvalue weighted by Gasteiger charge is 2.48. The quantitative estimate of drug-likeness (QED) is 0.282. The Morgan fingerprint density at radius 1 is 1.09 bits per heavy atom. The molecular formula is C24H20Cl2N2O5. The van der Waals surface area contributed by atoms with E-state index in [2.05, 4.69) is 5.16 Å². The average Bonchev–Trinajstić information content (AvgIpc) is 3.30. The fourth-order valence-corrected chi connectivity index (χ4v) is 3.96. The molecule has 0 saturated carbocycles. The first-order valence-corrected chi connectivity index (χ1v) is 10.9. The minimum atomic E-state index is -0.990. The Morgan fingerprint density at radius 3 is 2.36 bits per heavy atom. The van der Waals surface area contributed by atoms with Crippen LogP contribution in [0.5, 0.6) is 5.75 Å². The molecule has 170 valence electrons. The highest BCUT2D eigenvalue weighted by Crippen LogP contribution is 2.43. The number of benzene rings is 2. The van der Waals surface area contributed by atoms with Crippen LogP contribution in [0.2, 0.25) is 10.0 Å². The van der Waals surface area contributed by atoms with Crippen LogP contribution in [0.25, 0.3) is 5.76 Å². The summed E-state index contributed by atoms with van der Waals surface area (Å²) in [6.45, 7) is 5.47. The molecule has 2 aromatic carbocycles. The lowest BCUT2D eigenvalue weighted by Crippen LogP contribution is -2.29. The molecule has 0 bridgehead atoms. The average molecular weight is 487 g/mol. The molecule has 1 amide bonds. The molecule has 9 heteroatoms. The third kappa shape index (κ3) is 4.34. The maximum absolute atomic E-state index is 13.1. The summed E-state index contributed by atoms with van der Waals surface area (Å²) in [5, 5.41) is 15.6. The van der Waals surface area contributed by atoms with Crippen LogP contribution < -0.4 is 9.64 Å². The van der Waals surface area contributed by atoms with E-state index in [1.807, 2.05) is 13.8 Å². The number of ketones is 1. The number of aromatic nitrogens is 1. The number of halogens is 2. The lowest BCUT2D eigenvalue weighted by Gasteiger charge is -2.23. The zero-order valence-corrected chi connectivity index (χ0v) is 19.5. The number of Topliss-reactive ketones (excluding diaryl/α,β-unsaturated/α-hetero) is 1. The van der Waals surface area contributed by atoms with Crippen LogP contribution >= 0.6 is 23.2 Å². The number of aryl methyl sites for hydroxylation is 1. The van der Waals surface area contributed by atoms with E-state index in [1.54, 1.807) is 49.4 Å². The lowest BCUT2D eigenvalue weighted by molar-refractivity contribution is -0.132. The van der Waals surface area contributed by atoms with Crippen molar-refractivity contribution in [2.24, 2.45) is 0 Å². The number of aliphatic hydroxyl groups is 1. The van der Waals surface area contributed by atoms with Crippen LogP contribution in [0.4, 0.5) is 5.82 Å². The van der Waals surface area contributed by atoms with Gasteiger partial charge >= 0.3 is 5.91 Å². The van der Waals surface area contributed by atoms with Gasteiger partial charge in [0.2, 0.25) is 0 Å². The van der Waals surface area contributed by atoms with Crippen LogP contribution in [0, 0.1) is 6.92 Å². The van der Waals surface area contributed by atoms with Crippen LogP contribution in [0.1, 0.15) is 36.8 Å². The largest absolute Gasteiger partial charge is 0.507 e. The number of nitrogens with zero attached hydrogens (tertiary/aromatic N) is 2. The van der Waals surface area contributed by atoms with Crippen molar-refractivity contribution in [2.75, 3.05) is 4.90 Å². The molecule has 0 unspecified atom stereocenters. The third-order valence-corrected chi connectivity index (χ3v) is 5.80. The molecule has 3 aromatic rings. The molecular weight excluding hydrogens is 467 g/mol. The Kier molecular flexibility index (Phi) is 6.19. The molecule has 7 nitrogen and oxygen atoms in total. The van der Waals surface area contributed by atoms with Crippen molar-refractivity contribution in [3.63, 3.8) is 0 Å². The summed E-state index contributed by atoms with van der Waals surface area (Å²) in [6.07, 6.45) is -0.0182. The Balaban J connectivity index is 1.87. The smallest absolute Gasteiger partial charge is 0.301 e. The normalized spacial score (nSPS) is 17.8. The second kappa shape index (κ2) is 8.92. The first-order valence-electron chi connectivity index (χ1n) is 10.1. The lowest BCUT2D eigenvalue weighted by atomic mass is 9.95. The monoisotopic (exact) mass is 486 g/mol.